The topological polar surface area (TPSA) is 112 Å². The van der Waals surface area contributed by atoms with Crippen LogP contribution in [0.15, 0.2) is 12.2 Å². The number of aliphatic carboxylic acids is 3. The number of rotatable bonds is 22. The third-order valence-corrected chi connectivity index (χ3v) is 7.29. The molecule has 7 heteroatoms. The zero-order valence-corrected chi connectivity index (χ0v) is 22.0. The minimum absolute atomic E-state index is 0.224. The Bertz CT molecular complexity index is 568. The first-order chi connectivity index (χ1) is 16.1. The minimum Gasteiger partial charge on any atom is -0.477 e. The van der Waals surface area contributed by atoms with E-state index >= 15 is 0 Å². The van der Waals surface area contributed by atoms with Gasteiger partial charge >= 0.3 is 17.9 Å². The summed E-state index contributed by atoms with van der Waals surface area (Å²) < 4.78 is -0.478. The van der Waals surface area contributed by atoms with Crippen molar-refractivity contribution in [2.45, 2.75) is 136 Å². The van der Waals surface area contributed by atoms with Crippen molar-refractivity contribution in [1.29, 1.82) is 0 Å². The molecule has 3 N–H and O–H groups in total. The first-order valence-electron chi connectivity index (χ1n) is 13.3. The summed E-state index contributed by atoms with van der Waals surface area (Å²) in [5.74, 6) is -3.52. The molecule has 0 aromatic rings. The van der Waals surface area contributed by atoms with Crippen LogP contribution in [0, 0.1) is 0 Å². The first-order valence-corrected chi connectivity index (χ1v) is 13.3. The minimum atomic E-state index is -1.17. The predicted molar refractivity (Wildman–Crippen MR) is 136 cm³/mol. The highest BCUT2D eigenvalue weighted by atomic mass is 16.4. The van der Waals surface area contributed by atoms with Gasteiger partial charge in [0.1, 0.15) is 0 Å². The molecule has 0 aliphatic carbocycles. The van der Waals surface area contributed by atoms with Gasteiger partial charge in [0, 0.05) is 0 Å². The van der Waals surface area contributed by atoms with Crippen molar-refractivity contribution in [3.63, 3.8) is 0 Å². The van der Waals surface area contributed by atoms with Crippen molar-refractivity contribution in [3.05, 3.63) is 12.2 Å². The second-order valence-corrected chi connectivity index (χ2v) is 9.70. The van der Waals surface area contributed by atoms with Gasteiger partial charge in [-0.25, -0.2) is 14.4 Å². The summed E-state index contributed by atoms with van der Waals surface area (Å²) in [7, 11) is 0. The molecule has 0 saturated heterocycles. The highest BCUT2D eigenvalue weighted by molar-refractivity contribution is 5.77. The molecule has 3 atom stereocenters. The largest absolute Gasteiger partial charge is 0.477 e. The zero-order chi connectivity index (χ0) is 26.0. The number of carboxylic acid groups (broad SMARTS) is 3. The summed E-state index contributed by atoms with van der Waals surface area (Å²) in [6, 6.07) is -3.36. The van der Waals surface area contributed by atoms with E-state index < -0.39 is 40.5 Å². The van der Waals surface area contributed by atoms with Crippen LogP contribution in [-0.2, 0) is 14.4 Å². The molecule has 34 heavy (non-hydrogen) atoms. The summed E-state index contributed by atoms with van der Waals surface area (Å²) in [5.41, 5.74) is 0. The molecule has 0 fully saturated rings. The van der Waals surface area contributed by atoms with Gasteiger partial charge in [-0.15, -0.1) is 0 Å². The third kappa shape index (κ3) is 11.5. The maximum Gasteiger partial charge on any atom is 0.362 e. The van der Waals surface area contributed by atoms with Crippen molar-refractivity contribution in [2.24, 2.45) is 0 Å². The molecular formula is C27H50NO6+. The normalized spacial score (nSPS) is 16.1. The van der Waals surface area contributed by atoms with Crippen LogP contribution in [0.2, 0.25) is 0 Å². The summed E-state index contributed by atoms with van der Waals surface area (Å²) >= 11 is 0. The zero-order valence-electron chi connectivity index (χ0n) is 22.0. The summed E-state index contributed by atoms with van der Waals surface area (Å²) in [5, 5.41) is 28.8. The van der Waals surface area contributed by atoms with E-state index in [1.165, 1.54) is 85.0 Å². The molecule has 0 bridgehead atoms. The number of carbonyl (C=O) groups is 3. The first kappa shape index (κ1) is 32.1. The fourth-order valence-corrected chi connectivity index (χ4v) is 4.82. The predicted octanol–water partition coefficient (Wildman–Crippen LogP) is 6.26. The number of carboxylic acids is 3. The maximum absolute atomic E-state index is 11.8. The van der Waals surface area contributed by atoms with Crippen molar-refractivity contribution in [3.8, 4) is 0 Å². The van der Waals surface area contributed by atoms with Crippen LogP contribution in [0.5, 0.6) is 0 Å². The molecule has 0 amide bonds. The van der Waals surface area contributed by atoms with Gasteiger partial charge < -0.3 is 15.3 Å². The van der Waals surface area contributed by atoms with E-state index in [4.69, 9.17) is 0 Å². The summed E-state index contributed by atoms with van der Waals surface area (Å²) in [6.07, 6.45) is 20.5. The van der Waals surface area contributed by atoms with Crippen molar-refractivity contribution < 1.29 is 34.2 Å². The Morgan fingerprint density at radius 3 is 1.26 bits per heavy atom. The highest BCUT2D eigenvalue weighted by Crippen LogP contribution is 2.27. The lowest BCUT2D eigenvalue weighted by atomic mass is 10.00. The van der Waals surface area contributed by atoms with Gasteiger partial charge in [-0.1, -0.05) is 76.9 Å². The van der Waals surface area contributed by atoms with E-state index in [1.54, 1.807) is 0 Å². The molecule has 0 rings (SSSR count). The number of hydrogen-bond acceptors (Lipinski definition) is 3. The fraction of sp³-hybridized carbons (Fsp3) is 0.815. The molecule has 0 aromatic carbocycles. The quantitative estimate of drug-likeness (QED) is 0.0950. The summed E-state index contributed by atoms with van der Waals surface area (Å²) in [4.78, 5) is 35.3. The molecule has 198 valence electrons. The lowest BCUT2D eigenvalue weighted by Gasteiger charge is -2.47. The number of quaternary nitrogens is 1. The van der Waals surface area contributed by atoms with E-state index in [9.17, 15) is 29.7 Å². The Labute approximate surface area is 206 Å². The second kappa shape index (κ2) is 18.4. The van der Waals surface area contributed by atoms with E-state index in [2.05, 4.69) is 19.1 Å². The molecule has 7 nitrogen and oxygen atoms in total. The van der Waals surface area contributed by atoms with Gasteiger partial charge in [0.2, 0.25) is 0 Å². The van der Waals surface area contributed by atoms with Crippen molar-refractivity contribution >= 4 is 17.9 Å². The molecule has 0 aliphatic heterocycles. The van der Waals surface area contributed by atoms with Gasteiger partial charge in [0.15, 0.2) is 18.1 Å². The fourth-order valence-electron chi connectivity index (χ4n) is 4.82. The lowest BCUT2D eigenvalue weighted by molar-refractivity contribution is -0.968. The average Bonchev–Trinajstić information content (AvgIpc) is 2.80. The van der Waals surface area contributed by atoms with Crippen molar-refractivity contribution in [1.82, 2.24) is 0 Å². The Morgan fingerprint density at radius 2 is 0.912 bits per heavy atom. The van der Waals surface area contributed by atoms with Crippen LogP contribution in [0.4, 0.5) is 0 Å². The standard InChI is InChI=1S/C27H49NO6/c1-5-6-7-8-9-10-11-12-13-14-15-16-17-18-19-20-21-28(22(2)25(29)30,23(3)26(31)32)24(4)27(33)34/h8-9,22-24H,5-7,10-21H2,1-4H3,(H2-,29,30,31,32,33,34)/p+1/b9-8+. The van der Waals surface area contributed by atoms with Crippen LogP contribution < -0.4 is 0 Å². The lowest BCUT2D eigenvalue weighted by Crippen LogP contribution is -2.70. The van der Waals surface area contributed by atoms with Crippen molar-refractivity contribution in [2.75, 3.05) is 6.54 Å². The molecule has 0 radical (unpaired) electrons. The maximum atomic E-state index is 11.8. The molecule has 0 saturated carbocycles. The van der Waals surface area contributed by atoms with Gasteiger partial charge in [-0.05, 0) is 52.9 Å². The number of unbranched alkanes of at least 4 members (excludes halogenated alkanes) is 12. The highest BCUT2D eigenvalue weighted by Gasteiger charge is 2.52. The van der Waals surface area contributed by atoms with E-state index in [0.717, 1.165) is 19.3 Å². The molecule has 0 spiro atoms. The van der Waals surface area contributed by atoms with E-state index in [-0.39, 0.29) is 6.54 Å². The van der Waals surface area contributed by atoms with Gasteiger partial charge in [0.25, 0.3) is 0 Å². The third-order valence-electron chi connectivity index (χ3n) is 7.29. The van der Waals surface area contributed by atoms with Crippen LogP contribution in [0.25, 0.3) is 0 Å². The van der Waals surface area contributed by atoms with E-state index in [1.807, 2.05) is 0 Å². The number of nitrogens with zero attached hydrogens (tertiary/aromatic N) is 1. The molecule has 0 heterocycles. The summed E-state index contributed by atoms with van der Waals surface area (Å²) in [6.45, 7) is 6.70. The van der Waals surface area contributed by atoms with E-state index in [0.29, 0.717) is 6.42 Å². The van der Waals surface area contributed by atoms with Crippen LogP contribution in [0.1, 0.15) is 118 Å². The number of hydrogen-bond donors (Lipinski definition) is 3. The van der Waals surface area contributed by atoms with Crippen LogP contribution >= 0.6 is 0 Å². The molecule has 3 unspecified atom stereocenters. The smallest absolute Gasteiger partial charge is 0.362 e. The Kier molecular flexibility index (Phi) is 17.4. The van der Waals surface area contributed by atoms with Gasteiger partial charge in [-0.2, -0.15) is 0 Å². The Morgan fingerprint density at radius 1 is 0.588 bits per heavy atom. The monoisotopic (exact) mass is 484 g/mol. The Balaban J connectivity index is 4.34. The van der Waals surface area contributed by atoms with Crippen LogP contribution in [0.3, 0.4) is 0 Å². The molecule has 0 aliphatic rings. The van der Waals surface area contributed by atoms with Gasteiger partial charge in [0.05, 0.1) is 6.54 Å². The molecular weight excluding hydrogens is 434 g/mol. The Hall–Kier alpha value is -1.89. The average molecular weight is 485 g/mol. The van der Waals surface area contributed by atoms with Gasteiger partial charge in [-0.3, -0.25) is 4.48 Å². The number of allylic oxidation sites excluding steroid dienone is 2. The second-order valence-electron chi connectivity index (χ2n) is 9.70. The SMILES string of the molecule is CCCC/C=C/CCCCCCCCCCCC[N+](C(C)C(=O)O)(C(C)C(=O)O)C(C)C(=O)O. The molecule has 0 aromatic heterocycles. The van der Waals surface area contributed by atoms with Crippen LogP contribution in [-0.4, -0.2) is 62.4 Å².